The summed E-state index contributed by atoms with van der Waals surface area (Å²) in [5.74, 6) is -1.99. The Labute approximate surface area is 122 Å². The van der Waals surface area contributed by atoms with Gasteiger partial charge in [-0.2, -0.15) is 0 Å². The molecule has 3 N–H and O–H groups in total. The molecule has 19 heavy (non-hydrogen) atoms. The van der Waals surface area contributed by atoms with Crippen LogP contribution in [-0.2, 0) is 19.6 Å². The number of hydrazine groups is 1. The molecule has 0 aliphatic rings. The molecule has 1 aromatic rings. The molecule has 10 heteroatoms. The van der Waals surface area contributed by atoms with Gasteiger partial charge in [0.05, 0.1) is 3.79 Å². The largest absolute Gasteiger partial charge is 0.346 e. The highest BCUT2D eigenvalue weighted by atomic mass is 79.9. The molecule has 1 rings (SSSR count). The second-order valence-electron chi connectivity index (χ2n) is 3.75. The van der Waals surface area contributed by atoms with Gasteiger partial charge in [0.2, 0.25) is 0 Å². The molecule has 106 valence electrons. The van der Waals surface area contributed by atoms with Gasteiger partial charge in [-0.15, -0.1) is 16.2 Å². The predicted molar refractivity (Wildman–Crippen MR) is 73.8 cm³/mol. The average Bonchev–Trinajstić information content (AvgIpc) is 2.72. The Morgan fingerprint density at radius 2 is 1.89 bits per heavy atom. The molecule has 0 aliphatic carbocycles. The van der Waals surface area contributed by atoms with Gasteiger partial charge in [-0.25, -0.2) is 8.42 Å². The van der Waals surface area contributed by atoms with Crippen LogP contribution < -0.4 is 15.6 Å². The number of amides is 2. The van der Waals surface area contributed by atoms with Gasteiger partial charge >= 0.3 is 11.8 Å². The molecule has 0 aliphatic heterocycles. The maximum absolute atomic E-state index is 11.7. The Balaban J connectivity index is 2.61. The summed E-state index contributed by atoms with van der Waals surface area (Å²) in [5, 5.41) is 2.33. The van der Waals surface area contributed by atoms with Crippen LogP contribution in [0.2, 0.25) is 0 Å². The van der Waals surface area contributed by atoms with Crippen LogP contribution in [0.15, 0.2) is 20.1 Å². The summed E-state index contributed by atoms with van der Waals surface area (Å²) >= 11 is 4.11. The Morgan fingerprint density at radius 3 is 2.37 bits per heavy atom. The fourth-order valence-electron chi connectivity index (χ4n) is 0.990. The molecule has 0 spiro atoms. The summed E-state index contributed by atoms with van der Waals surface area (Å²) in [4.78, 5) is 24.4. The van der Waals surface area contributed by atoms with E-state index in [0.717, 1.165) is 11.3 Å². The lowest BCUT2D eigenvalue weighted by molar-refractivity contribution is -0.139. The monoisotopic (exact) mass is 369 g/mol. The van der Waals surface area contributed by atoms with E-state index < -0.39 is 21.8 Å². The van der Waals surface area contributed by atoms with Crippen LogP contribution in [0.3, 0.4) is 0 Å². The summed E-state index contributed by atoms with van der Waals surface area (Å²) in [6, 6.07) is 2.72. The van der Waals surface area contributed by atoms with Crippen LogP contribution >= 0.6 is 27.3 Å². The van der Waals surface area contributed by atoms with Gasteiger partial charge in [-0.1, -0.05) is 0 Å². The van der Waals surface area contributed by atoms with E-state index in [0.29, 0.717) is 3.79 Å². The minimum atomic E-state index is -3.87. The number of hydrogen-bond acceptors (Lipinski definition) is 5. The Hall–Kier alpha value is -0.970. The minimum Gasteiger partial charge on any atom is -0.346 e. The molecule has 1 heterocycles. The van der Waals surface area contributed by atoms with Gasteiger partial charge in [-0.3, -0.25) is 15.0 Å². The fourth-order valence-corrected chi connectivity index (χ4v) is 3.84. The highest BCUT2D eigenvalue weighted by Gasteiger charge is 2.20. The lowest BCUT2D eigenvalue weighted by atomic mass is 10.4. The fraction of sp³-hybridized carbons (Fsp3) is 0.333. The molecular weight excluding hydrogens is 358 g/mol. The lowest BCUT2D eigenvalue weighted by Gasteiger charge is -2.09. The van der Waals surface area contributed by atoms with Gasteiger partial charge in [0.15, 0.2) is 0 Å². The van der Waals surface area contributed by atoms with Crippen LogP contribution in [-0.4, -0.2) is 26.3 Å². The summed E-state index contributed by atoms with van der Waals surface area (Å²) in [7, 11) is -3.87. The topological polar surface area (TPSA) is 104 Å². The third-order valence-corrected chi connectivity index (χ3v) is 5.10. The standard InChI is InChI=1S/C9H12BrN3O4S2/c1-5(2)11-8(14)9(15)12-13-19(16,17)7-4-3-6(10)18-7/h3-5,13H,1-2H3,(H,11,14)(H,12,15). The Bertz CT molecular complexity index is 582. The number of halogens is 1. The maximum Gasteiger partial charge on any atom is 0.324 e. The number of hydrogen-bond donors (Lipinski definition) is 3. The van der Waals surface area contributed by atoms with Crippen molar-refractivity contribution in [1.29, 1.82) is 0 Å². The number of carbonyl (C=O) groups is 2. The zero-order valence-electron chi connectivity index (χ0n) is 10.1. The van der Waals surface area contributed by atoms with E-state index in [2.05, 4.69) is 21.2 Å². The van der Waals surface area contributed by atoms with Crippen LogP contribution in [0.1, 0.15) is 13.8 Å². The van der Waals surface area contributed by atoms with Crippen molar-refractivity contribution in [2.24, 2.45) is 0 Å². The van der Waals surface area contributed by atoms with Crippen molar-refractivity contribution < 1.29 is 18.0 Å². The highest BCUT2D eigenvalue weighted by molar-refractivity contribution is 9.11. The summed E-state index contributed by atoms with van der Waals surface area (Å²) in [6.07, 6.45) is 0. The van der Waals surface area contributed by atoms with Crippen LogP contribution in [0.5, 0.6) is 0 Å². The van der Waals surface area contributed by atoms with Crippen molar-refractivity contribution in [1.82, 2.24) is 15.6 Å². The second-order valence-corrected chi connectivity index (χ2v) is 8.12. The Kier molecular flexibility index (Phi) is 5.47. The molecule has 0 unspecified atom stereocenters. The summed E-state index contributed by atoms with van der Waals surface area (Å²) in [6.45, 7) is 3.36. The first-order valence-electron chi connectivity index (χ1n) is 5.10. The van der Waals surface area contributed by atoms with Gasteiger partial charge in [-0.05, 0) is 41.9 Å². The molecular formula is C9H12BrN3O4S2. The minimum absolute atomic E-state index is 0.0175. The van der Waals surface area contributed by atoms with E-state index in [1.54, 1.807) is 19.9 Å². The van der Waals surface area contributed by atoms with Crippen molar-refractivity contribution in [3.8, 4) is 0 Å². The van der Waals surface area contributed by atoms with Gasteiger partial charge < -0.3 is 5.32 Å². The molecule has 0 bridgehead atoms. The van der Waals surface area contributed by atoms with Crippen molar-refractivity contribution in [3.05, 3.63) is 15.9 Å². The molecule has 0 aromatic carbocycles. The van der Waals surface area contributed by atoms with Crippen molar-refractivity contribution >= 4 is 49.1 Å². The molecule has 2 amide bonds. The lowest BCUT2D eigenvalue weighted by Crippen LogP contribution is -2.49. The number of carbonyl (C=O) groups excluding carboxylic acids is 2. The predicted octanol–water partition coefficient (Wildman–Crippen LogP) is 0.345. The van der Waals surface area contributed by atoms with Gasteiger partial charge in [0.1, 0.15) is 4.21 Å². The van der Waals surface area contributed by atoms with Crippen LogP contribution in [0, 0.1) is 0 Å². The van der Waals surface area contributed by atoms with Crippen molar-refractivity contribution in [2.75, 3.05) is 0 Å². The molecule has 0 saturated carbocycles. The number of thiophene rings is 1. The van der Waals surface area contributed by atoms with Crippen molar-refractivity contribution in [3.63, 3.8) is 0 Å². The zero-order chi connectivity index (χ0) is 14.6. The third-order valence-electron chi connectivity index (χ3n) is 1.74. The first-order chi connectivity index (χ1) is 8.72. The quantitative estimate of drug-likeness (QED) is 0.525. The van der Waals surface area contributed by atoms with E-state index >= 15 is 0 Å². The normalized spacial score (nSPS) is 11.4. The van der Waals surface area contributed by atoms with E-state index in [1.807, 2.05) is 10.3 Å². The molecule has 0 fully saturated rings. The molecule has 0 radical (unpaired) electrons. The van der Waals surface area contributed by atoms with Crippen LogP contribution in [0.4, 0.5) is 0 Å². The summed E-state index contributed by atoms with van der Waals surface area (Å²) in [5.41, 5.74) is 1.84. The highest BCUT2D eigenvalue weighted by Crippen LogP contribution is 2.25. The molecule has 7 nitrogen and oxygen atoms in total. The smallest absolute Gasteiger partial charge is 0.324 e. The molecule has 0 atom stereocenters. The second kappa shape index (κ2) is 6.46. The van der Waals surface area contributed by atoms with E-state index in [4.69, 9.17) is 0 Å². The SMILES string of the molecule is CC(C)NC(=O)C(=O)NNS(=O)(=O)c1ccc(Br)s1. The van der Waals surface area contributed by atoms with E-state index in [9.17, 15) is 18.0 Å². The van der Waals surface area contributed by atoms with E-state index in [1.165, 1.54) is 6.07 Å². The number of sulfonamides is 1. The summed E-state index contributed by atoms with van der Waals surface area (Å²) < 4.78 is 24.1. The molecule has 0 saturated heterocycles. The Morgan fingerprint density at radius 1 is 1.26 bits per heavy atom. The molecule has 1 aromatic heterocycles. The maximum atomic E-state index is 11.7. The van der Waals surface area contributed by atoms with Crippen molar-refractivity contribution in [2.45, 2.75) is 24.1 Å². The first kappa shape index (κ1) is 16.1. The average molecular weight is 370 g/mol. The third kappa shape index (κ3) is 4.90. The number of nitrogens with one attached hydrogen (secondary N) is 3. The van der Waals surface area contributed by atoms with E-state index in [-0.39, 0.29) is 10.3 Å². The number of rotatable bonds is 4. The van der Waals surface area contributed by atoms with Crippen LogP contribution in [0.25, 0.3) is 0 Å². The zero-order valence-corrected chi connectivity index (χ0v) is 13.3. The van der Waals surface area contributed by atoms with Gasteiger partial charge in [0.25, 0.3) is 10.0 Å². The van der Waals surface area contributed by atoms with Gasteiger partial charge in [0, 0.05) is 6.04 Å². The first-order valence-corrected chi connectivity index (χ1v) is 8.19.